The van der Waals surface area contributed by atoms with Crippen molar-refractivity contribution in [1.82, 2.24) is 9.13 Å². The molecule has 0 amide bonds. The number of unbranched alkanes of at least 4 members (excludes halogenated alkanes) is 2. The fraction of sp³-hybridized carbons (Fsp3) is 0.221. The van der Waals surface area contributed by atoms with Crippen LogP contribution >= 0.6 is 0 Å². The fourth-order valence-electron chi connectivity index (χ4n) is 21.4. The average molecular weight is 1770 g/mol. The lowest BCUT2D eigenvalue weighted by molar-refractivity contribution is 0.590. The van der Waals surface area contributed by atoms with E-state index in [-0.39, 0.29) is 39.2 Å². The van der Waals surface area contributed by atoms with Crippen LogP contribution < -0.4 is 26.2 Å². The van der Waals surface area contributed by atoms with Gasteiger partial charge in [-0.2, -0.15) is 0 Å². The molecule has 672 valence electrons. The van der Waals surface area contributed by atoms with E-state index in [1.807, 2.05) is 0 Å². The maximum absolute atomic E-state index is 2.82. The molecule has 21 rings (SSSR count). The molecule has 0 aliphatic carbocycles. The van der Waals surface area contributed by atoms with Gasteiger partial charge in [0.2, 0.25) is 0 Å². The molecule has 2 aliphatic heterocycles. The number of fused-ring (bicyclic) bond motifs is 10. The second kappa shape index (κ2) is 33.8. The van der Waals surface area contributed by atoms with Crippen LogP contribution in [0, 0.1) is 0 Å². The van der Waals surface area contributed by atoms with E-state index in [4.69, 9.17) is 0 Å². The molecule has 4 nitrogen and oxygen atoms in total. The van der Waals surface area contributed by atoms with E-state index in [1.165, 1.54) is 155 Å². The van der Waals surface area contributed by atoms with Crippen molar-refractivity contribution in [2.75, 3.05) is 9.80 Å². The molecule has 0 spiro atoms. The summed E-state index contributed by atoms with van der Waals surface area (Å²) in [5.41, 5.74) is 44.2. The van der Waals surface area contributed by atoms with Crippen molar-refractivity contribution in [3.05, 3.63) is 403 Å². The predicted molar refractivity (Wildman–Crippen MR) is 588 cm³/mol. The van der Waals surface area contributed by atoms with E-state index in [9.17, 15) is 0 Å². The van der Waals surface area contributed by atoms with Crippen LogP contribution in [-0.4, -0.2) is 15.8 Å². The maximum atomic E-state index is 2.82. The zero-order valence-corrected chi connectivity index (χ0v) is 82.8. The summed E-state index contributed by atoms with van der Waals surface area (Å²) in [5.74, 6) is 0. The van der Waals surface area contributed by atoms with E-state index >= 15 is 0 Å². The second-order valence-corrected chi connectivity index (χ2v) is 44.8. The number of hydrogen-bond acceptors (Lipinski definition) is 2. The highest BCUT2D eigenvalue weighted by molar-refractivity contribution is 7.00. The SMILES string of the molecule is CCCCCc1cc2c3c(c1)N(c1c(-c4ccc(-c5ccccc5)cc4)cc(C(C)(C)C)cc1-c1ccc(-c4ccccc4)cc1)c1cc(-n4c5ccc(C(C)(C)C)cc5c5cc(C(C)(C)C)ccc54)ccc1B3c1ccc(-n3c4ccc(C(C)(C)C)cc4c4cc(C(C)(C)C)ccc43)cc1N2c1c(-c2ccc(-c3ccccc3)cc2)cc(C(C)(C)C)cc1-c1ccc(-c2ccccc2)cc1. The van der Waals surface area contributed by atoms with Crippen LogP contribution in [0.1, 0.15) is 190 Å². The fourth-order valence-corrected chi connectivity index (χ4v) is 21.4. The van der Waals surface area contributed by atoms with E-state index in [2.05, 4.69) is 514 Å². The Morgan fingerprint density at radius 2 is 0.471 bits per heavy atom. The number of rotatable bonds is 16. The molecule has 0 unspecified atom stereocenters. The Morgan fingerprint density at radius 3 is 0.721 bits per heavy atom. The molecule has 0 fully saturated rings. The van der Waals surface area contributed by atoms with Gasteiger partial charge in [-0.15, -0.1) is 0 Å². The minimum absolute atomic E-state index is 0.0937. The largest absolute Gasteiger partial charge is 0.310 e. The Labute approximate surface area is 807 Å². The van der Waals surface area contributed by atoms with Crippen LogP contribution in [0.2, 0.25) is 0 Å². The summed E-state index contributed by atoms with van der Waals surface area (Å²) >= 11 is 0. The van der Waals surface area contributed by atoms with Crippen molar-refractivity contribution in [1.29, 1.82) is 0 Å². The highest BCUT2D eigenvalue weighted by Gasteiger charge is 2.47. The minimum Gasteiger partial charge on any atom is -0.310 e. The third kappa shape index (κ3) is 16.1. The van der Waals surface area contributed by atoms with E-state index in [0.29, 0.717) is 0 Å². The number of anilines is 6. The second-order valence-electron chi connectivity index (χ2n) is 44.8. The van der Waals surface area contributed by atoms with Gasteiger partial charge in [0, 0.05) is 77.9 Å². The first-order valence-corrected chi connectivity index (χ1v) is 49.4. The average Bonchev–Trinajstić information content (AvgIpc) is 1.08. The third-order valence-electron chi connectivity index (χ3n) is 29.3. The Bertz CT molecular complexity index is 7010. The smallest absolute Gasteiger partial charge is 0.252 e. The van der Waals surface area contributed by atoms with Gasteiger partial charge in [0.1, 0.15) is 0 Å². The monoisotopic (exact) mass is 1760 g/mol. The molecule has 17 aromatic carbocycles. The van der Waals surface area contributed by atoms with Crippen molar-refractivity contribution in [2.24, 2.45) is 0 Å². The summed E-state index contributed by atoms with van der Waals surface area (Å²) in [6.07, 6.45) is 4.04. The number of aromatic nitrogens is 2. The molecule has 5 heteroatoms. The van der Waals surface area contributed by atoms with Gasteiger partial charge < -0.3 is 18.9 Å². The van der Waals surface area contributed by atoms with Gasteiger partial charge in [-0.3, -0.25) is 0 Å². The summed E-state index contributed by atoms with van der Waals surface area (Å²) in [6.45, 7) is 44.6. The number of nitrogens with zero attached hydrogens (tertiary/aromatic N) is 4. The van der Waals surface area contributed by atoms with Crippen molar-refractivity contribution in [3.8, 4) is 100 Å². The topological polar surface area (TPSA) is 16.3 Å². The molecule has 19 aromatic rings. The Balaban J connectivity index is 0.941. The Hall–Kier alpha value is -14.0. The van der Waals surface area contributed by atoms with Crippen LogP contribution in [0.5, 0.6) is 0 Å². The molecular formula is C131H125BN4. The molecule has 0 bridgehead atoms. The maximum Gasteiger partial charge on any atom is 0.252 e. The normalized spacial score (nSPS) is 13.0. The molecular weight excluding hydrogens is 1640 g/mol. The standard InChI is InChI=1S/C131H125BN4/c1-20-21-26-35-84-72-121-123-122(73-84)136(125-107(95-56-48-91(49-57-95)87-40-31-24-32-41-87)80-102(131(17,18)19)81-108(125)96-58-50-92(51-59-96)88-42-33-25-34-43-88)120-83-104(134-117-70-62-99(128(8,9)10)76-111(117)112-77-100(129(11,12)13)63-71-118(112)134)65-67-114(120)132(123)113-66-64-103(133-115-68-60-97(126(2,3)4)74-109(115)110-75-98(127(5,6)7)61-69-116(110)133)82-119(113)135(121)124-105(93-52-44-89(45-53-93)85-36-27-22-28-37-85)78-101(130(14,15)16)79-106(124)94-54-46-90(47-55-94)86-38-29-23-30-39-86/h22-25,27-34,36-83H,20-21,26,35H2,1-19H3. The Morgan fingerprint density at radius 1 is 0.221 bits per heavy atom. The molecule has 136 heavy (non-hydrogen) atoms. The lowest BCUT2D eigenvalue weighted by Gasteiger charge is -2.46. The molecule has 0 radical (unpaired) electrons. The van der Waals surface area contributed by atoms with E-state index < -0.39 is 0 Å². The van der Waals surface area contributed by atoms with E-state index in [0.717, 1.165) is 104 Å². The van der Waals surface area contributed by atoms with Gasteiger partial charge >= 0.3 is 0 Å². The summed E-state index contributed by atoms with van der Waals surface area (Å²) in [5, 5.41) is 5.03. The van der Waals surface area contributed by atoms with Crippen molar-refractivity contribution >= 4 is 101 Å². The van der Waals surface area contributed by atoms with Crippen LogP contribution in [-0.2, 0) is 38.9 Å². The highest BCUT2D eigenvalue weighted by atomic mass is 15.2. The molecule has 2 aromatic heterocycles. The quantitative estimate of drug-likeness (QED) is 0.0708. The van der Waals surface area contributed by atoms with Gasteiger partial charge in [0.15, 0.2) is 0 Å². The zero-order chi connectivity index (χ0) is 94.4. The van der Waals surface area contributed by atoms with Gasteiger partial charge in [0.05, 0.1) is 33.4 Å². The van der Waals surface area contributed by atoms with Crippen LogP contribution in [0.3, 0.4) is 0 Å². The molecule has 4 heterocycles. The van der Waals surface area contributed by atoms with Gasteiger partial charge in [-0.25, -0.2) is 0 Å². The van der Waals surface area contributed by atoms with Crippen LogP contribution in [0.4, 0.5) is 34.1 Å². The number of aryl methyl sites for hydroxylation is 1. The van der Waals surface area contributed by atoms with Crippen molar-refractivity contribution in [3.63, 3.8) is 0 Å². The van der Waals surface area contributed by atoms with Crippen LogP contribution in [0.25, 0.3) is 144 Å². The van der Waals surface area contributed by atoms with Crippen LogP contribution in [0.15, 0.2) is 364 Å². The summed E-state index contributed by atoms with van der Waals surface area (Å²) in [6, 6.07) is 142. The first kappa shape index (κ1) is 88.6. The van der Waals surface area contributed by atoms with Gasteiger partial charge in [0.25, 0.3) is 6.71 Å². The molecule has 0 N–H and O–H groups in total. The molecule has 2 aliphatic rings. The predicted octanol–water partition coefficient (Wildman–Crippen LogP) is 34.8. The highest BCUT2D eigenvalue weighted by Crippen LogP contribution is 2.57. The lowest BCUT2D eigenvalue weighted by Crippen LogP contribution is -2.61. The van der Waals surface area contributed by atoms with Crippen molar-refractivity contribution < 1.29 is 0 Å². The lowest BCUT2D eigenvalue weighted by atomic mass is 9.33. The molecule has 0 atom stereocenters. The first-order chi connectivity index (χ1) is 65.2. The number of benzene rings is 17. The number of hydrogen-bond donors (Lipinski definition) is 0. The summed E-state index contributed by atoms with van der Waals surface area (Å²) < 4.78 is 5.21. The van der Waals surface area contributed by atoms with Gasteiger partial charge in [-0.05, 0) is 277 Å². The minimum atomic E-state index is -0.314. The summed E-state index contributed by atoms with van der Waals surface area (Å²) in [7, 11) is 0. The summed E-state index contributed by atoms with van der Waals surface area (Å²) in [4.78, 5) is 5.63. The van der Waals surface area contributed by atoms with Gasteiger partial charge in [-0.1, -0.05) is 399 Å². The third-order valence-corrected chi connectivity index (χ3v) is 29.3. The first-order valence-electron chi connectivity index (χ1n) is 49.4. The van der Waals surface area contributed by atoms with Crippen molar-refractivity contribution in [2.45, 2.75) is 190 Å². The zero-order valence-electron chi connectivity index (χ0n) is 82.8. The Kier molecular flexibility index (Phi) is 22.0. The van der Waals surface area contributed by atoms with E-state index in [1.54, 1.807) is 0 Å². The molecule has 0 saturated heterocycles. The molecule has 0 saturated carbocycles.